The molecule has 1 fully saturated rings. The van der Waals surface area contributed by atoms with Gasteiger partial charge in [0.15, 0.2) is 0 Å². The number of hydrazone groups is 1. The summed E-state index contributed by atoms with van der Waals surface area (Å²) in [4.78, 5) is 15.1. The summed E-state index contributed by atoms with van der Waals surface area (Å²) in [7, 11) is 0. The van der Waals surface area contributed by atoms with Gasteiger partial charge in [-0.2, -0.15) is 5.10 Å². The van der Waals surface area contributed by atoms with Crippen LogP contribution in [0.3, 0.4) is 0 Å². The highest BCUT2D eigenvalue weighted by molar-refractivity contribution is 6.03. The molecule has 1 aromatic heterocycles. The standard InChI is InChI=1S/C23H24N4O3/c1-16(18-8-10-20(11-9-18)27-12-14-29-15-13-27)24-25-23(28)21-17(2)30-26-22(21)19-6-4-3-5-7-19/h3-11H,12-15H2,1-2H3,(H,25,28)/b24-16+. The van der Waals surface area contributed by atoms with Crippen molar-refractivity contribution in [1.82, 2.24) is 10.6 Å². The fraction of sp³-hybridized carbons (Fsp3) is 0.261. The lowest BCUT2D eigenvalue weighted by atomic mass is 10.1. The predicted molar refractivity (Wildman–Crippen MR) is 116 cm³/mol. The highest BCUT2D eigenvalue weighted by Gasteiger charge is 2.21. The number of ether oxygens (including phenoxy) is 1. The molecule has 0 aliphatic carbocycles. The third-order valence-corrected chi connectivity index (χ3v) is 5.12. The largest absolute Gasteiger partial charge is 0.378 e. The van der Waals surface area contributed by atoms with Crippen LogP contribution in [0.15, 0.2) is 64.2 Å². The van der Waals surface area contributed by atoms with Gasteiger partial charge in [0.1, 0.15) is 17.0 Å². The van der Waals surface area contributed by atoms with Gasteiger partial charge in [-0.1, -0.05) is 47.6 Å². The van der Waals surface area contributed by atoms with Crippen LogP contribution in [0.1, 0.15) is 28.6 Å². The first-order chi connectivity index (χ1) is 14.6. The summed E-state index contributed by atoms with van der Waals surface area (Å²) in [5.74, 6) is 0.103. The van der Waals surface area contributed by atoms with Crippen molar-refractivity contribution in [1.29, 1.82) is 0 Å². The first kappa shape index (κ1) is 19.8. The summed E-state index contributed by atoms with van der Waals surface area (Å²) >= 11 is 0. The molecule has 1 saturated heterocycles. The second-order valence-corrected chi connectivity index (χ2v) is 7.11. The molecule has 2 heterocycles. The Kier molecular flexibility index (Phi) is 5.90. The minimum atomic E-state index is -0.350. The van der Waals surface area contributed by atoms with Crippen LogP contribution in [-0.2, 0) is 4.74 Å². The van der Waals surface area contributed by atoms with Crippen molar-refractivity contribution in [2.75, 3.05) is 31.2 Å². The average Bonchev–Trinajstić information content (AvgIpc) is 3.20. The van der Waals surface area contributed by atoms with E-state index in [4.69, 9.17) is 9.26 Å². The zero-order valence-corrected chi connectivity index (χ0v) is 17.1. The number of morpholine rings is 1. The van der Waals surface area contributed by atoms with Gasteiger partial charge in [0.2, 0.25) is 0 Å². The van der Waals surface area contributed by atoms with Crippen molar-refractivity contribution in [3.63, 3.8) is 0 Å². The molecule has 0 bridgehead atoms. The quantitative estimate of drug-likeness (QED) is 0.519. The maximum Gasteiger partial charge on any atom is 0.277 e. The Labute approximate surface area is 175 Å². The van der Waals surface area contributed by atoms with Crippen molar-refractivity contribution in [3.05, 3.63) is 71.5 Å². The van der Waals surface area contributed by atoms with Crippen LogP contribution < -0.4 is 10.3 Å². The van der Waals surface area contributed by atoms with E-state index in [0.717, 1.165) is 43.1 Å². The molecule has 4 rings (SSSR count). The Morgan fingerprint density at radius 3 is 2.47 bits per heavy atom. The zero-order chi connectivity index (χ0) is 20.9. The van der Waals surface area contributed by atoms with Gasteiger partial charge in [0.05, 0.1) is 18.9 Å². The fourth-order valence-electron chi connectivity index (χ4n) is 3.42. The van der Waals surface area contributed by atoms with Crippen molar-refractivity contribution >= 4 is 17.3 Å². The number of nitrogens with one attached hydrogen (secondary N) is 1. The Morgan fingerprint density at radius 2 is 1.77 bits per heavy atom. The van der Waals surface area contributed by atoms with Crippen molar-refractivity contribution < 1.29 is 14.1 Å². The van der Waals surface area contributed by atoms with Gasteiger partial charge in [0.25, 0.3) is 5.91 Å². The van der Waals surface area contributed by atoms with Crippen molar-refractivity contribution in [2.45, 2.75) is 13.8 Å². The van der Waals surface area contributed by atoms with Gasteiger partial charge in [-0.15, -0.1) is 0 Å². The Balaban J connectivity index is 1.47. The number of amides is 1. The Hall–Kier alpha value is -3.45. The number of carbonyl (C=O) groups is 1. The van der Waals surface area contributed by atoms with Crippen molar-refractivity contribution in [2.24, 2.45) is 5.10 Å². The molecule has 7 nitrogen and oxygen atoms in total. The van der Waals surface area contributed by atoms with Crippen LogP contribution in [0.4, 0.5) is 5.69 Å². The van der Waals surface area contributed by atoms with Crippen LogP contribution in [-0.4, -0.2) is 43.1 Å². The van der Waals surface area contributed by atoms with Crippen LogP contribution in [0.5, 0.6) is 0 Å². The minimum absolute atomic E-state index is 0.350. The van der Waals surface area contributed by atoms with E-state index in [1.54, 1.807) is 6.92 Å². The number of rotatable bonds is 5. The van der Waals surface area contributed by atoms with E-state index in [0.29, 0.717) is 22.7 Å². The molecule has 0 unspecified atom stereocenters. The van der Waals surface area contributed by atoms with Gasteiger partial charge in [-0.3, -0.25) is 4.79 Å². The predicted octanol–water partition coefficient (Wildman–Crippen LogP) is 3.64. The highest BCUT2D eigenvalue weighted by Crippen LogP contribution is 2.25. The highest BCUT2D eigenvalue weighted by atomic mass is 16.5. The van der Waals surface area contributed by atoms with Gasteiger partial charge < -0.3 is 14.2 Å². The molecule has 0 atom stereocenters. The number of carbonyl (C=O) groups excluding carboxylic acids is 1. The molecule has 1 N–H and O–H groups in total. The molecular weight excluding hydrogens is 380 g/mol. The van der Waals surface area contributed by atoms with E-state index in [1.807, 2.05) is 49.4 Å². The van der Waals surface area contributed by atoms with Crippen LogP contribution in [0.25, 0.3) is 11.3 Å². The number of hydrogen-bond donors (Lipinski definition) is 1. The molecule has 0 radical (unpaired) electrons. The SMILES string of the molecule is C/C(=N\NC(=O)c1c(-c2ccccc2)noc1C)c1ccc(N2CCOCC2)cc1. The molecule has 0 saturated carbocycles. The lowest BCUT2D eigenvalue weighted by Crippen LogP contribution is -2.36. The van der Waals surface area contributed by atoms with Crippen LogP contribution in [0.2, 0.25) is 0 Å². The number of aryl methyl sites for hydroxylation is 1. The zero-order valence-electron chi connectivity index (χ0n) is 17.1. The van der Waals surface area contributed by atoms with E-state index in [1.165, 1.54) is 0 Å². The van der Waals surface area contributed by atoms with E-state index in [-0.39, 0.29) is 5.91 Å². The lowest BCUT2D eigenvalue weighted by Gasteiger charge is -2.28. The molecule has 7 heteroatoms. The summed E-state index contributed by atoms with van der Waals surface area (Å²) in [6.07, 6.45) is 0. The molecule has 3 aromatic rings. The smallest absolute Gasteiger partial charge is 0.277 e. The monoisotopic (exact) mass is 404 g/mol. The minimum Gasteiger partial charge on any atom is -0.378 e. The third-order valence-electron chi connectivity index (χ3n) is 5.12. The molecule has 2 aromatic carbocycles. The maximum atomic E-state index is 12.8. The first-order valence-corrected chi connectivity index (χ1v) is 9.93. The molecule has 1 aliphatic rings. The normalized spacial score (nSPS) is 14.6. The topological polar surface area (TPSA) is 80.0 Å². The number of hydrogen-bond acceptors (Lipinski definition) is 6. The molecule has 1 amide bonds. The van der Waals surface area contributed by atoms with E-state index in [2.05, 4.69) is 32.7 Å². The average molecular weight is 404 g/mol. The number of benzene rings is 2. The lowest BCUT2D eigenvalue weighted by molar-refractivity contribution is 0.0954. The fourth-order valence-corrected chi connectivity index (χ4v) is 3.42. The van der Waals surface area contributed by atoms with Crippen LogP contribution in [0, 0.1) is 6.92 Å². The van der Waals surface area contributed by atoms with E-state index >= 15 is 0 Å². The molecule has 154 valence electrons. The third kappa shape index (κ3) is 4.26. The second kappa shape index (κ2) is 8.92. The van der Waals surface area contributed by atoms with E-state index < -0.39 is 0 Å². The number of aromatic nitrogens is 1. The maximum absolute atomic E-state index is 12.8. The van der Waals surface area contributed by atoms with E-state index in [9.17, 15) is 4.79 Å². The Morgan fingerprint density at radius 1 is 1.07 bits per heavy atom. The van der Waals surface area contributed by atoms with Crippen LogP contribution >= 0.6 is 0 Å². The molecular formula is C23H24N4O3. The summed E-state index contributed by atoms with van der Waals surface area (Å²) < 4.78 is 10.7. The summed E-state index contributed by atoms with van der Waals surface area (Å²) in [6, 6.07) is 17.6. The second-order valence-electron chi connectivity index (χ2n) is 7.11. The number of nitrogens with zero attached hydrogens (tertiary/aromatic N) is 3. The summed E-state index contributed by atoms with van der Waals surface area (Å²) in [5, 5.41) is 8.33. The molecule has 30 heavy (non-hydrogen) atoms. The molecule has 0 spiro atoms. The summed E-state index contributed by atoms with van der Waals surface area (Å²) in [6.45, 7) is 6.87. The summed E-state index contributed by atoms with van der Waals surface area (Å²) in [5.41, 5.74) is 7.17. The van der Waals surface area contributed by atoms with Gasteiger partial charge >= 0.3 is 0 Å². The van der Waals surface area contributed by atoms with Gasteiger partial charge in [-0.05, 0) is 31.5 Å². The van der Waals surface area contributed by atoms with Gasteiger partial charge in [0, 0.05) is 24.3 Å². The Bertz CT molecular complexity index is 1040. The molecule has 1 aliphatic heterocycles. The number of anilines is 1. The van der Waals surface area contributed by atoms with Gasteiger partial charge in [-0.25, -0.2) is 5.43 Å². The van der Waals surface area contributed by atoms with Crippen molar-refractivity contribution in [3.8, 4) is 11.3 Å². The first-order valence-electron chi connectivity index (χ1n) is 9.93.